The minimum absolute atomic E-state index is 0. The summed E-state index contributed by atoms with van der Waals surface area (Å²) >= 11 is 0. The molecule has 0 saturated heterocycles. The van der Waals surface area contributed by atoms with E-state index in [1.807, 2.05) is 0 Å². The van der Waals surface area contributed by atoms with Crippen LogP contribution in [0.15, 0.2) is 4.99 Å². The van der Waals surface area contributed by atoms with Crippen LogP contribution < -0.4 is 0 Å². The average Bonchev–Trinajstić information content (AvgIpc) is 2.51. The van der Waals surface area contributed by atoms with Crippen molar-refractivity contribution in [2.45, 2.75) is 32.6 Å². The fraction of sp³-hybridized carbons (Fsp3) is 0.917. The van der Waals surface area contributed by atoms with Gasteiger partial charge in [0.25, 0.3) is 0 Å². The molecule has 0 radical (unpaired) electrons. The summed E-state index contributed by atoms with van der Waals surface area (Å²) in [5, 5.41) is 0. The van der Waals surface area contributed by atoms with Gasteiger partial charge >= 0.3 is 0 Å². The zero-order chi connectivity index (χ0) is 11.5. The SMILES string of the molecule is CN(C)C(=NCC1(C)CCCC1)N(C)C.I. The highest BCUT2D eigenvalue weighted by Crippen LogP contribution is 2.37. The number of aliphatic imine (C=N–C) groups is 1. The van der Waals surface area contributed by atoms with Gasteiger partial charge in [0.15, 0.2) is 5.96 Å². The van der Waals surface area contributed by atoms with Crippen LogP contribution in [0.2, 0.25) is 0 Å². The average molecular weight is 339 g/mol. The van der Waals surface area contributed by atoms with Crippen LogP contribution in [0.25, 0.3) is 0 Å². The molecule has 96 valence electrons. The zero-order valence-corrected chi connectivity index (χ0v) is 13.6. The third-order valence-corrected chi connectivity index (χ3v) is 3.21. The van der Waals surface area contributed by atoms with E-state index < -0.39 is 0 Å². The van der Waals surface area contributed by atoms with Gasteiger partial charge in [0.2, 0.25) is 0 Å². The second-order valence-electron chi connectivity index (χ2n) is 5.42. The maximum absolute atomic E-state index is 4.74. The molecule has 3 nitrogen and oxygen atoms in total. The molecule has 0 aromatic rings. The van der Waals surface area contributed by atoms with Gasteiger partial charge < -0.3 is 9.80 Å². The topological polar surface area (TPSA) is 18.8 Å². The Morgan fingerprint density at radius 1 is 1.06 bits per heavy atom. The van der Waals surface area contributed by atoms with Gasteiger partial charge in [-0.1, -0.05) is 19.8 Å². The van der Waals surface area contributed by atoms with Crippen LogP contribution in [0.5, 0.6) is 0 Å². The standard InChI is InChI=1S/C12H25N3.HI/c1-12(8-6-7-9-12)10-13-11(14(2)3)15(4)5;/h6-10H2,1-5H3;1H. The molecule has 1 saturated carbocycles. The monoisotopic (exact) mass is 339 g/mol. The van der Waals surface area contributed by atoms with Gasteiger partial charge in [0, 0.05) is 34.7 Å². The Hall–Kier alpha value is 0. The number of guanidine groups is 1. The van der Waals surface area contributed by atoms with E-state index in [1.54, 1.807) is 0 Å². The Morgan fingerprint density at radius 2 is 1.50 bits per heavy atom. The molecule has 0 N–H and O–H groups in total. The van der Waals surface area contributed by atoms with Gasteiger partial charge in [-0.2, -0.15) is 0 Å². The maximum Gasteiger partial charge on any atom is 0.195 e. The van der Waals surface area contributed by atoms with Crippen LogP contribution in [0.4, 0.5) is 0 Å². The van der Waals surface area contributed by atoms with Crippen LogP contribution in [0.1, 0.15) is 32.6 Å². The van der Waals surface area contributed by atoms with Gasteiger partial charge in [0.05, 0.1) is 0 Å². The molecule has 0 bridgehead atoms. The first-order valence-corrected chi connectivity index (χ1v) is 5.84. The summed E-state index contributed by atoms with van der Waals surface area (Å²) in [6.45, 7) is 3.34. The fourth-order valence-corrected chi connectivity index (χ4v) is 2.33. The fourth-order valence-electron chi connectivity index (χ4n) is 2.33. The molecule has 4 heteroatoms. The van der Waals surface area contributed by atoms with Crippen LogP contribution in [0.3, 0.4) is 0 Å². The largest absolute Gasteiger partial charge is 0.349 e. The Labute approximate surface area is 117 Å². The highest BCUT2D eigenvalue weighted by atomic mass is 127. The molecule has 0 aliphatic heterocycles. The molecule has 0 atom stereocenters. The molecule has 1 fully saturated rings. The molecular weight excluding hydrogens is 313 g/mol. The molecule has 0 heterocycles. The second-order valence-corrected chi connectivity index (χ2v) is 5.42. The number of halogens is 1. The van der Waals surface area contributed by atoms with Crippen LogP contribution in [0, 0.1) is 5.41 Å². The lowest BCUT2D eigenvalue weighted by molar-refractivity contribution is 0.345. The predicted octanol–water partition coefficient (Wildman–Crippen LogP) is 2.66. The summed E-state index contributed by atoms with van der Waals surface area (Å²) in [5.74, 6) is 1.07. The summed E-state index contributed by atoms with van der Waals surface area (Å²) in [4.78, 5) is 8.91. The van der Waals surface area contributed by atoms with Gasteiger partial charge in [-0.3, -0.25) is 4.99 Å². The molecule has 0 unspecified atom stereocenters. The first kappa shape index (κ1) is 16.0. The van der Waals surface area contributed by atoms with Gasteiger partial charge in [-0.15, -0.1) is 24.0 Å². The summed E-state index contributed by atoms with van der Waals surface area (Å²) in [6, 6.07) is 0. The van der Waals surface area contributed by atoms with E-state index in [2.05, 4.69) is 44.9 Å². The Bertz CT molecular complexity index is 220. The molecule has 0 aromatic heterocycles. The molecule has 0 aromatic carbocycles. The lowest BCUT2D eigenvalue weighted by Gasteiger charge is -2.26. The number of hydrogen-bond donors (Lipinski definition) is 0. The van der Waals surface area contributed by atoms with Gasteiger partial charge in [-0.25, -0.2) is 0 Å². The molecule has 1 aliphatic carbocycles. The summed E-state index contributed by atoms with van der Waals surface area (Å²) in [5.41, 5.74) is 0.456. The Balaban J connectivity index is 0.00000225. The molecular formula is C12H26IN3. The summed E-state index contributed by atoms with van der Waals surface area (Å²) < 4.78 is 0. The van der Waals surface area contributed by atoms with E-state index in [4.69, 9.17) is 4.99 Å². The molecule has 0 amide bonds. The second kappa shape index (κ2) is 6.67. The van der Waals surface area contributed by atoms with Crippen LogP contribution in [-0.2, 0) is 0 Å². The van der Waals surface area contributed by atoms with E-state index in [0.717, 1.165) is 12.5 Å². The first-order chi connectivity index (χ1) is 6.94. The van der Waals surface area contributed by atoms with Gasteiger partial charge in [-0.05, 0) is 18.3 Å². The Morgan fingerprint density at radius 3 is 1.88 bits per heavy atom. The van der Waals surface area contributed by atoms with Crippen molar-refractivity contribution in [3.8, 4) is 0 Å². The van der Waals surface area contributed by atoms with E-state index in [1.165, 1.54) is 25.7 Å². The highest BCUT2D eigenvalue weighted by Gasteiger charge is 2.28. The summed E-state index contributed by atoms with van der Waals surface area (Å²) in [6.07, 6.45) is 5.44. The number of nitrogens with zero attached hydrogens (tertiary/aromatic N) is 3. The van der Waals surface area contributed by atoms with Gasteiger partial charge in [0.1, 0.15) is 0 Å². The first-order valence-electron chi connectivity index (χ1n) is 5.84. The number of rotatable bonds is 2. The molecule has 1 rings (SSSR count). The van der Waals surface area contributed by atoms with Crippen molar-refractivity contribution in [3.05, 3.63) is 0 Å². The maximum atomic E-state index is 4.74. The minimum atomic E-state index is 0. The van der Waals surface area contributed by atoms with E-state index in [-0.39, 0.29) is 24.0 Å². The van der Waals surface area contributed by atoms with E-state index in [9.17, 15) is 0 Å². The lowest BCUT2D eigenvalue weighted by atomic mass is 9.89. The highest BCUT2D eigenvalue weighted by molar-refractivity contribution is 14.0. The van der Waals surface area contributed by atoms with Crippen molar-refractivity contribution in [2.24, 2.45) is 10.4 Å². The van der Waals surface area contributed by atoms with Crippen molar-refractivity contribution in [2.75, 3.05) is 34.7 Å². The zero-order valence-electron chi connectivity index (χ0n) is 11.3. The normalized spacial score (nSPS) is 17.6. The van der Waals surface area contributed by atoms with Crippen LogP contribution in [-0.4, -0.2) is 50.5 Å². The van der Waals surface area contributed by atoms with Crippen molar-refractivity contribution < 1.29 is 0 Å². The van der Waals surface area contributed by atoms with Crippen molar-refractivity contribution in [1.82, 2.24) is 9.80 Å². The van der Waals surface area contributed by atoms with Crippen LogP contribution >= 0.6 is 24.0 Å². The Kier molecular flexibility index (Phi) is 6.67. The minimum Gasteiger partial charge on any atom is -0.349 e. The lowest BCUT2D eigenvalue weighted by Crippen LogP contribution is -2.36. The van der Waals surface area contributed by atoms with Crippen molar-refractivity contribution >= 4 is 29.9 Å². The third-order valence-electron chi connectivity index (χ3n) is 3.21. The number of hydrogen-bond acceptors (Lipinski definition) is 1. The third kappa shape index (κ3) is 4.47. The molecule has 1 aliphatic rings. The quantitative estimate of drug-likeness (QED) is 0.438. The predicted molar refractivity (Wildman–Crippen MR) is 81.7 cm³/mol. The molecule has 0 spiro atoms. The summed E-state index contributed by atoms with van der Waals surface area (Å²) in [7, 11) is 8.21. The van der Waals surface area contributed by atoms with Crippen molar-refractivity contribution in [1.29, 1.82) is 0 Å². The van der Waals surface area contributed by atoms with E-state index >= 15 is 0 Å². The smallest absolute Gasteiger partial charge is 0.195 e. The van der Waals surface area contributed by atoms with E-state index in [0.29, 0.717) is 5.41 Å². The molecule has 16 heavy (non-hydrogen) atoms. The van der Waals surface area contributed by atoms with Crippen molar-refractivity contribution in [3.63, 3.8) is 0 Å².